The van der Waals surface area contributed by atoms with Crippen molar-refractivity contribution in [1.29, 1.82) is 0 Å². The highest BCUT2D eigenvalue weighted by atomic mass is 16.4. The lowest BCUT2D eigenvalue weighted by atomic mass is 9.86. The second-order valence-corrected chi connectivity index (χ2v) is 6.74. The Morgan fingerprint density at radius 1 is 1.25 bits per heavy atom. The van der Waals surface area contributed by atoms with Gasteiger partial charge in [-0.15, -0.1) is 6.58 Å². The van der Waals surface area contributed by atoms with Gasteiger partial charge in [-0.05, 0) is 17.0 Å². The van der Waals surface area contributed by atoms with E-state index < -0.39 is 5.97 Å². The van der Waals surface area contributed by atoms with Crippen LogP contribution >= 0.6 is 0 Å². The molecule has 0 aliphatic rings. The van der Waals surface area contributed by atoms with Crippen LogP contribution in [0.25, 0.3) is 11.3 Å². The van der Waals surface area contributed by atoms with Crippen LogP contribution in [0.2, 0.25) is 0 Å². The second kappa shape index (κ2) is 6.83. The molecule has 1 heterocycles. The summed E-state index contributed by atoms with van der Waals surface area (Å²) in [5.74, 6) is -1.24. The van der Waals surface area contributed by atoms with E-state index in [4.69, 9.17) is 0 Å². The Morgan fingerprint density at radius 2 is 1.88 bits per heavy atom. The maximum atomic E-state index is 11.8. The van der Waals surface area contributed by atoms with Gasteiger partial charge in [-0.2, -0.15) is 5.10 Å². The number of aromatic nitrogens is 2. The first-order valence-electron chi connectivity index (χ1n) is 7.77. The molecule has 0 unspecified atom stereocenters. The molecule has 2 aromatic rings. The van der Waals surface area contributed by atoms with Crippen molar-refractivity contribution in [2.75, 3.05) is 0 Å². The second-order valence-electron chi connectivity index (χ2n) is 6.74. The SMILES string of the molecule is C=CCC(=O)Cn1nc(-c2ccc(C(C)(C)C)cc2)cc1C(=O)O. The predicted molar refractivity (Wildman–Crippen MR) is 93.1 cm³/mol. The zero-order valence-corrected chi connectivity index (χ0v) is 14.2. The molecule has 0 spiro atoms. The van der Waals surface area contributed by atoms with Gasteiger partial charge in [-0.3, -0.25) is 9.48 Å². The number of nitrogens with zero attached hydrogens (tertiary/aromatic N) is 2. The fourth-order valence-electron chi connectivity index (χ4n) is 2.38. The minimum atomic E-state index is -1.11. The average molecular weight is 326 g/mol. The largest absolute Gasteiger partial charge is 0.477 e. The average Bonchev–Trinajstić information content (AvgIpc) is 2.90. The van der Waals surface area contributed by atoms with E-state index in [1.54, 1.807) is 0 Å². The monoisotopic (exact) mass is 326 g/mol. The molecule has 5 heteroatoms. The number of carbonyl (C=O) groups is 2. The molecule has 0 radical (unpaired) electrons. The van der Waals surface area contributed by atoms with Crippen molar-refractivity contribution >= 4 is 11.8 Å². The lowest BCUT2D eigenvalue weighted by molar-refractivity contribution is -0.119. The first kappa shape index (κ1) is 17.7. The van der Waals surface area contributed by atoms with Crippen LogP contribution < -0.4 is 0 Å². The van der Waals surface area contributed by atoms with E-state index in [-0.39, 0.29) is 29.9 Å². The molecule has 24 heavy (non-hydrogen) atoms. The van der Waals surface area contributed by atoms with E-state index in [1.165, 1.54) is 22.4 Å². The molecule has 1 N–H and O–H groups in total. The van der Waals surface area contributed by atoms with Crippen LogP contribution in [-0.4, -0.2) is 26.6 Å². The van der Waals surface area contributed by atoms with Gasteiger partial charge in [0.15, 0.2) is 5.78 Å². The predicted octanol–water partition coefficient (Wildman–Crippen LogP) is 3.69. The molecule has 126 valence electrons. The van der Waals surface area contributed by atoms with Gasteiger partial charge in [0.1, 0.15) is 12.2 Å². The fourth-order valence-corrected chi connectivity index (χ4v) is 2.38. The van der Waals surface area contributed by atoms with Crippen molar-refractivity contribution in [3.8, 4) is 11.3 Å². The van der Waals surface area contributed by atoms with Crippen LogP contribution in [0.3, 0.4) is 0 Å². The molecular formula is C19H22N2O3. The van der Waals surface area contributed by atoms with Crippen LogP contribution in [0.5, 0.6) is 0 Å². The van der Waals surface area contributed by atoms with Crippen molar-refractivity contribution < 1.29 is 14.7 Å². The Balaban J connectivity index is 2.35. The number of hydrogen-bond donors (Lipinski definition) is 1. The summed E-state index contributed by atoms with van der Waals surface area (Å²) < 4.78 is 1.24. The van der Waals surface area contributed by atoms with Crippen LogP contribution in [0.15, 0.2) is 43.0 Å². The van der Waals surface area contributed by atoms with Crippen molar-refractivity contribution in [3.05, 3.63) is 54.2 Å². The van der Waals surface area contributed by atoms with Crippen molar-refractivity contribution in [3.63, 3.8) is 0 Å². The highest BCUT2D eigenvalue weighted by Crippen LogP contribution is 2.26. The highest BCUT2D eigenvalue weighted by molar-refractivity contribution is 5.88. The molecule has 0 atom stereocenters. The first-order valence-corrected chi connectivity index (χ1v) is 7.77. The van der Waals surface area contributed by atoms with Crippen molar-refractivity contribution in [1.82, 2.24) is 9.78 Å². The van der Waals surface area contributed by atoms with Gasteiger partial charge in [0.05, 0.1) is 5.69 Å². The Labute approximate surface area is 141 Å². The molecule has 0 fully saturated rings. The number of benzene rings is 1. The summed E-state index contributed by atoms with van der Waals surface area (Å²) in [4.78, 5) is 23.2. The van der Waals surface area contributed by atoms with Gasteiger partial charge in [-0.25, -0.2) is 4.79 Å². The number of carbonyl (C=O) groups excluding carboxylic acids is 1. The van der Waals surface area contributed by atoms with Crippen LogP contribution in [0.4, 0.5) is 0 Å². The van der Waals surface area contributed by atoms with E-state index in [1.807, 2.05) is 24.3 Å². The zero-order valence-electron chi connectivity index (χ0n) is 14.2. The third-order valence-electron chi connectivity index (χ3n) is 3.74. The van der Waals surface area contributed by atoms with Crippen LogP contribution in [0.1, 0.15) is 43.2 Å². The number of carboxylic acid groups (broad SMARTS) is 1. The van der Waals surface area contributed by atoms with Gasteiger partial charge in [0, 0.05) is 12.0 Å². The zero-order chi connectivity index (χ0) is 17.9. The van der Waals surface area contributed by atoms with Gasteiger partial charge >= 0.3 is 5.97 Å². The Hall–Kier alpha value is -2.69. The van der Waals surface area contributed by atoms with E-state index in [0.29, 0.717) is 5.69 Å². The number of aromatic carboxylic acids is 1. The molecule has 0 aliphatic heterocycles. The fraction of sp³-hybridized carbons (Fsp3) is 0.316. The summed E-state index contributed by atoms with van der Waals surface area (Å²) in [6, 6.07) is 9.36. The number of ketones is 1. The maximum Gasteiger partial charge on any atom is 0.354 e. The number of carboxylic acids is 1. The summed E-state index contributed by atoms with van der Waals surface area (Å²) in [5.41, 5.74) is 2.59. The van der Waals surface area contributed by atoms with Gasteiger partial charge in [0.25, 0.3) is 0 Å². The van der Waals surface area contributed by atoms with Crippen molar-refractivity contribution in [2.45, 2.75) is 39.2 Å². The summed E-state index contributed by atoms with van der Waals surface area (Å²) in [6.07, 6.45) is 1.69. The van der Waals surface area contributed by atoms with Gasteiger partial charge in [-0.1, -0.05) is 51.1 Å². The topological polar surface area (TPSA) is 72.2 Å². The molecule has 1 aromatic heterocycles. The summed E-state index contributed by atoms with van der Waals surface area (Å²) in [5, 5.41) is 13.6. The summed E-state index contributed by atoms with van der Waals surface area (Å²) in [7, 11) is 0. The Kier molecular flexibility index (Phi) is 5.02. The number of allylic oxidation sites excluding steroid dienone is 1. The Morgan fingerprint density at radius 3 is 2.38 bits per heavy atom. The Bertz CT molecular complexity index is 765. The molecule has 0 bridgehead atoms. The van der Waals surface area contributed by atoms with Crippen molar-refractivity contribution in [2.24, 2.45) is 0 Å². The molecule has 5 nitrogen and oxygen atoms in total. The van der Waals surface area contributed by atoms with Gasteiger partial charge < -0.3 is 5.11 Å². The third kappa shape index (κ3) is 3.98. The lowest BCUT2D eigenvalue weighted by Gasteiger charge is -2.18. The molecular weight excluding hydrogens is 304 g/mol. The summed E-state index contributed by atoms with van der Waals surface area (Å²) in [6.45, 7) is 9.83. The molecule has 2 rings (SSSR count). The van der Waals surface area contributed by atoms with E-state index in [9.17, 15) is 14.7 Å². The van der Waals surface area contributed by atoms with E-state index in [0.717, 1.165) is 5.56 Å². The number of hydrogen-bond acceptors (Lipinski definition) is 3. The van der Waals surface area contributed by atoms with Crippen LogP contribution in [0, 0.1) is 0 Å². The summed E-state index contributed by atoms with van der Waals surface area (Å²) >= 11 is 0. The van der Waals surface area contributed by atoms with Crippen LogP contribution in [-0.2, 0) is 16.8 Å². The smallest absolute Gasteiger partial charge is 0.354 e. The molecule has 0 aliphatic carbocycles. The minimum absolute atomic E-state index is 0.00214. The maximum absolute atomic E-state index is 11.8. The molecule has 0 saturated carbocycles. The van der Waals surface area contributed by atoms with E-state index in [2.05, 4.69) is 32.4 Å². The highest BCUT2D eigenvalue weighted by Gasteiger charge is 2.18. The minimum Gasteiger partial charge on any atom is -0.477 e. The molecule has 1 aromatic carbocycles. The normalized spacial score (nSPS) is 11.3. The lowest BCUT2D eigenvalue weighted by Crippen LogP contribution is -2.16. The van der Waals surface area contributed by atoms with Gasteiger partial charge in [0.2, 0.25) is 0 Å². The quantitative estimate of drug-likeness (QED) is 0.822. The third-order valence-corrected chi connectivity index (χ3v) is 3.74. The molecule has 0 amide bonds. The number of Topliss-reactive ketones (excluding diaryl/α,β-unsaturated/α-hetero) is 1. The van der Waals surface area contributed by atoms with E-state index >= 15 is 0 Å². The first-order chi connectivity index (χ1) is 11.2. The number of rotatable bonds is 6. The standard InChI is InChI=1S/C19H22N2O3/c1-5-6-15(22)12-21-17(18(23)24)11-16(20-21)13-7-9-14(10-8-13)19(2,3)4/h5,7-11H,1,6,12H2,2-4H3,(H,23,24). The molecule has 0 saturated heterocycles.